The smallest absolute Gasteiger partial charge is 0.193 e. The molecule has 0 unspecified atom stereocenters. The third kappa shape index (κ3) is 2.96. The maximum Gasteiger partial charge on any atom is 0.193 e. The van der Waals surface area contributed by atoms with Gasteiger partial charge in [-0.25, -0.2) is 0 Å². The van der Waals surface area contributed by atoms with Gasteiger partial charge in [0.1, 0.15) is 5.76 Å². The summed E-state index contributed by atoms with van der Waals surface area (Å²) in [6.45, 7) is 1.83. The van der Waals surface area contributed by atoms with Crippen LogP contribution in [0.5, 0.6) is 0 Å². The first kappa shape index (κ1) is 12.3. The molecular weight excluding hydrogens is 242 g/mol. The summed E-state index contributed by atoms with van der Waals surface area (Å²) in [6.07, 6.45) is 7.63. The maximum atomic E-state index is 5.72. The minimum atomic E-state index is 0.455. The Bertz CT molecular complexity index is 334. The van der Waals surface area contributed by atoms with Crippen molar-refractivity contribution >= 4 is 23.4 Å². The first-order valence-electron chi connectivity index (χ1n) is 5.74. The molecule has 2 nitrogen and oxygen atoms in total. The number of furan rings is 1. The molecule has 0 atom stereocenters. The van der Waals surface area contributed by atoms with Gasteiger partial charge < -0.3 is 9.73 Å². The Labute approximate surface area is 106 Å². The predicted molar refractivity (Wildman–Crippen MR) is 70.1 cm³/mol. The highest BCUT2D eigenvalue weighted by Gasteiger charge is 2.32. The second-order valence-electron chi connectivity index (χ2n) is 4.40. The van der Waals surface area contributed by atoms with Gasteiger partial charge in [-0.3, -0.25) is 0 Å². The summed E-state index contributed by atoms with van der Waals surface area (Å²) in [4.78, 5) is 0. The van der Waals surface area contributed by atoms with Gasteiger partial charge in [0.25, 0.3) is 0 Å². The number of thioether (sulfide) groups is 1. The Morgan fingerprint density at radius 2 is 2.19 bits per heavy atom. The number of hydrogen-bond donors (Lipinski definition) is 1. The van der Waals surface area contributed by atoms with Crippen LogP contribution in [0.15, 0.2) is 16.5 Å². The van der Waals surface area contributed by atoms with Crippen molar-refractivity contribution in [2.75, 3.05) is 12.8 Å². The molecule has 0 saturated heterocycles. The highest BCUT2D eigenvalue weighted by Crippen LogP contribution is 2.39. The molecule has 1 aliphatic carbocycles. The van der Waals surface area contributed by atoms with E-state index in [1.165, 1.54) is 25.7 Å². The minimum absolute atomic E-state index is 0.455. The van der Waals surface area contributed by atoms with Crippen molar-refractivity contribution in [3.05, 3.63) is 23.1 Å². The summed E-state index contributed by atoms with van der Waals surface area (Å²) in [5.74, 6) is 0.916. The second kappa shape index (κ2) is 5.48. The SMILES string of the molecule is CSC1(CNCc2ccc(Cl)o2)CCCC1. The second-order valence-corrected chi connectivity index (χ2v) is 6.05. The lowest BCUT2D eigenvalue weighted by molar-refractivity contribution is 0.462. The van der Waals surface area contributed by atoms with Crippen LogP contribution in [0, 0.1) is 0 Å². The van der Waals surface area contributed by atoms with E-state index in [0.29, 0.717) is 9.97 Å². The van der Waals surface area contributed by atoms with Crippen LogP contribution in [0.4, 0.5) is 0 Å². The lowest BCUT2D eigenvalue weighted by Crippen LogP contribution is -2.34. The summed E-state index contributed by atoms with van der Waals surface area (Å²) in [5, 5.41) is 3.95. The zero-order valence-corrected chi connectivity index (χ0v) is 11.2. The lowest BCUT2D eigenvalue weighted by Gasteiger charge is -2.26. The first-order chi connectivity index (χ1) is 7.74. The lowest BCUT2D eigenvalue weighted by atomic mass is 10.1. The van der Waals surface area contributed by atoms with Crippen LogP contribution in [0.3, 0.4) is 0 Å². The van der Waals surface area contributed by atoms with Gasteiger partial charge in [-0.15, -0.1) is 0 Å². The third-order valence-electron chi connectivity index (χ3n) is 3.32. The van der Waals surface area contributed by atoms with E-state index < -0.39 is 0 Å². The molecule has 0 radical (unpaired) electrons. The van der Waals surface area contributed by atoms with Crippen molar-refractivity contribution in [3.8, 4) is 0 Å². The number of rotatable bonds is 5. The van der Waals surface area contributed by atoms with E-state index in [0.717, 1.165) is 18.8 Å². The van der Waals surface area contributed by atoms with Crippen LogP contribution < -0.4 is 5.32 Å². The van der Waals surface area contributed by atoms with Crippen molar-refractivity contribution in [1.29, 1.82) is 0 Å². The van der Waals surface area contributed by atoms with Gasteiger partial charge in [0.15, 0.2) is 5.22 Å². The molecule has 1 aliphatic rings. The Morgan fingerprint density at radius 1 is 1.44 bits per heavy atom. The largest absolute Gasteiger partial charge is 0.448 e. The number of halogens is 1. The fourth-order valence-corrected chi connectivity index (χ4v) is 3.44. The topological polar surface area (TPSA) is 25.2 Å². The molecule has 0 bridgehead atoms. The molecule has 4 heteroatoms. The van der Waals surface area contributed by atoms with Crippen molar-refractivity contribution < 1.29 is 4.42 Å². The van der Waals surface area contributed by atoms with Gasteiger partial charge in [0.05, 0.1) is 6.54 Å². The molecule has 1 saturated carbocycles. The average molecular weight is 260 g/mol. The Morgan fingerprint density at radius 3 is 2.75 bits per heavy atom. The van der Waals surface area contributed by atoms with E-state index in [1.807, 2.05) is 17.8 Å². The van der Waals surface area contributed by atoms with Crippen molar-refractivity contribution in [1.82, 2.24) is 5.32 Å². The number of nitrogens with one attached hydrogen (secondary N) is 1. The fourth-order valence-electron chi connectivity index (χ4n) is 2.33. The zero-order valence-electron chi connectivity index (χ0n) is 9.59. The van der Waals surface area contributed by atoms with Crippen LogP contribution in [0.1, 0.15) is 31.4 Å². The van der Waals surface area contributed by atoms with Gasteiger partial charge in [0.2, 0.25) is 0 Å². The van der Waals surface area contributed by atoms with Gasteiger partial charge >= 0.3 is 0 Å². The molecule has 1 fully saturated rings. The van der Waals surface area contributed by atoms with Crippen LogP contribution in [-0.2, 0) is 6.54 Å². The highest BCUT2D eigenvalue weighted by atomic mass is 35.5. The Kier molecular flexibility index (Phi) is 4.22. The van der Waals surface area contributed by atoms with Crippen LogP contribution in [0.2, 0.25) is 5.22 Å². The van der Waals surface area contributed by atoms with Gasteiger partial charge in [-0.1, -0.05) is 12.8 Å². The molecule has 90 valence electrons. The molecule has 1 aromatic heterocycles. The Balaban J connectivity index is 1.78. The van der Waals surface area contributed by atoms with E-state index in [-0.39, 0.29) is 0 Å². The van der Waals surface area contributed by atoms with E-state index in [1.54, 1.807) is 6.07 Å². The van der Waals surface area contributed by atoms with Gasteiger partial charge in [-0.05, 0) is 42.8 Å². The Hall–Kier alpha value is -0.120. The quantitative estimate of drug-likeness (QED) is 0.873. The molecule has 0 amide bonds. The molecule has 0 spiro atoms. The molecule has 16 heavy (non-hydrogen) atoms. The van der Waals surface area contributed by atoms with Crippen molar-refractivity contribution in [2.24, 2.45) is 0 Å². The van der Waals surface area contributed by atoms with Crippen molar-refractivity contribution in [2.45, 2.75) is 37.0 Å². The zero-order chi connectivity index (χ0) is 11.4. The summed E-state index contributed by atoms with van der Waals surface area (Å²) < 4.78 is 5.77. The molecule has 0 aromatic carbocycles. The van der Waals surface area contributed by atoms with E-state index in [4.69, 9.17) is 16.0 Å². The van der Waals surface area contributed by atoms with Gasteiger partial charge in [0, 0.05) is 11.3 Å². The molecule has 0 aliphatic heterocycles. The van der Waals surface area contributed by atoms with E-state index in [2.05, 4.69) is 11.6 Å². The number of hydrogen-bond acceptors (Lipinski definition) is 3. The molecule has 1 heterocycles. The van der Waals surface area contributed by atoms with E-state index >= 15 is 0 Å². The molecule has 1 N–H and O–H groups in total. The van der Waals surface area contributed by atoms with Crippen LogP contribution in [-0.4, -0.2) is 17.5 Å². The normalized spacial score (nSPS) is 19.1. The minimum Gasteiger partial charge on any atom is -0.448 e. The standard InChI is InChI=1S/C12H18ClNOS/c1-16-12(6-2-3-7-12)9-14-8-10-4-5-11(13)15-10/h4-5,14H,2-3,6-9H2,1H3. The summed E-state index contributed by atoms with van der Waals surface area (Å²) in [6, 6.07) is 3.72. The summed E-state index contributed by atoms with van der Waals surface area (Å²) in [5.41, 5.74) is 0. The van der Waals surface area contributed by atoms with Crippen molar-refractivity contribution in [3.63, 3.8) is 0 Å². The first-order valence-corrected chi connectivity index (χ1v) is 7.34. The van der Waals surface area contributed by atoms with E-state index in [9.17, 15) is 0 Å². The summed E-state index contributed by atoms with van der Waals surface area (Å²) in [7, 11) is 0. The predicted octanol–water partition coefficient (Wildman–Crippen LogP) is 3.70. The average Bonchev–Trinajstić information content (AvgIpc) is 2.89. The monoisotopic (exact) mass is 259 g/mol. The third-order valence-corrected chi connectivity index (χ3v) is 4.94. The fraction of sp³-hybridized carbons (Fsp3) is 0.667. The molecule has 1 aromatic rings. The maximum absolute atomic E-state index is 5.72. The van der Waals surface area contributed by atoms with Gasteiger partial charge in [-0.2, -0.15) is 11.8 Å². The summed E-state index contributed by atoms with van der Waals surface area (Å²) >= 11 is 7.72. The molecule has 2 rings (SSSR count). The van der Waals surface area contributed by atoms with Crippen LogP contribution >= 0.6 is 23.4 Å². The van der Waals surface area contributed by atoms with Crippen LogP contribution in [0.25, 0.3) is 0 Å². The highest BCUT2D eigenvalue weighted by molar-refractivity contribution is 8.00. The molecular formula is C12H18ClNOS.